The summed E-state index contributed by atoms with van der Waals surface area (Å²) < 4.78 is 36.3. The fourth-order valence-electron chi connectivity index (χ4n) is 1.78. The second kappa shape index (κ2) is 8.29. The zero-order valence-corrected chi connectivity index (χ0v) is 12.9. The quantitative estimate of drug-likeness (QED) is 0.619. The largest absolute Gasteiger partial charge is 0.401 e. The molecule has 7 heteroatoms. The summed E-state index contributed by atoms with van der Waals surface area (Å²) in [6.07, 6.45) is -1.76. The molecule has 1 rings (SSSR count). The van der Waals surface area contributed by atoms with Crippen LogP contribution in [0.3, 0.4) is 0 Å². The van der Waals surface area contributed by atoms with E-state index in [9.17, 15) is 18.0 Å². The van der Waals surface area contributed by atoms with Crippen molar-refractivity contribution in [1.29, 1.82) is 0 Å². The number of thioether (sulfide) groups is 1. The van der Waals surface area contributed by atoms with E-state index < -0.39 is 12.7 Å². The third-order valence-electron chi connectivity index (χ3n) is 2.80. The van der Waals surface area contributed by atoms with Gasteiger partial charge in [-0.2, -0.15) is 13.2 Å². The van der Waals surface area contributed by atoms with Crippen LogP contribution in [0.15, 0.2) is 29.2 Å². The lowest BCUT2D eigenvalue weighted by molar-refractivity contribution is -0.143. The van der Waals surface area contributed by atoms with Crippen molar-refractivity contribution in [3.05, 3.63) is 29.8 Å². The molecule has 0 atom stereocenters. The van der Waals surface area contributed by atoms with Gasteiger partial charge in [0.15, 0.2) is 0 Å². The maximum Gasteiger partial charge on any atom is 0.401 e. The first kappa shape index (κ1) is 17.8. The van der Waals surface area contributed by atoms with E-state index in [1.54, 1.807) is 23.9 Å². The number of carbonyl (C=O) groups excluding carboxylic acids is 1. The molecule has 0 bridgehead atoms. The third-order valence-corrected chi connectivity index (χ3v) is 3.55. The van der Waals surface area contributed by atoms with Crippen LogP contribution in [0.1, 0.15) is 16.8 Å². The molecule has 0 aromatic heterocycles. The molecule has 0 spiro atoms. The number of rotatable bonds is 7. The molecule has 0 aliphatic rings. The van der Waals surface area contributed by atoms with Crippen molar-refractivity contribution >= 4 is 17.7 Å². The molecule has 0 fully saturated rings. The van der Waals surface area contributed by atoms with Gasteiger partial charge in [-0.1, -0.05) is 0 Å². The zero-order chi connectivity index (χ0) is 15.9. The number of nitrogens with zero attached hydrogens (tertiary/aromatic N) is 1. The molecular formula is C14H19F3N2OS. The SMILES string of the molecule is CSc1ccc(C(=O)NCCCN(C)CC(F)(F)F)cc1. The van der Waals surface area contributed by atoms with E-state index in [-0.39, 0.29) is 12.5 Å². The fourth-order valence-corrected chi connectivity index (χ4v) is 2.19. The maximum atomic E-state index is 12.1. The number of alkyl halides is 3. The Bertz CT molecular complexity index is 449. The third kappa shape index (κ3) is 7.38. The van der Waals surface area contributed by atoms with E-state index in [0.29, 0.717) is 18.5 Å². The van der Waals surface area contributed by atoms with Gasteiger partial charge in [-0.25, -0.2) is 0 Å². The van der Waals surface area contributed by atoms with Gasteiger partial charge < -0.3 is 5.32 Å². The molecular weight excluding hydrogens is 301 g/mol. The van der Waals surface area contributed by atoms with Gasteiger partial charge in [0.25, 0.3) is 5.91 Å². The minimum absolute atomic E-state index is 0.207. The van der Waals surface area contributed by atoms with Crippen LogP contribution in [0.5, 0.6) is 0 Å². The molecule has 118 valence electrons. The first-order chi connectivity index (χ1) is 9.81. The van der Waals surface area contributed by atoms with Crippen molar-refractivity contribution in [3.8, 4) is 0 Å². The number of hydrogen-bond donors (Lipinski definition) is 1. The van der Waals surface area contributed by atoms with Gasteiger partial charge in [0.2, 0.25) is 0 Å². The summed E-state index contributed by atoms with van der Waals surface area (Å²) in [5.41, 5.74) is 0.552. The van der Waals surface area contributed by atoms with Crippen molar-refractivity contribution in [2.24, 2.45) is 0 Å². The summed E-state index contributed by atoms with van der Waals surface area (Å²) in [6.45, 7) is -0.298. The highest BCUT2D eigenvalue weighted by Crippen LogP contribution is 2.16. The van der Waals surface area contributed by atoms with Gasteiger partial charge >= 0.3 is 6.18 Å². The summed E-state index contributed by atoms with van der Waals surface area (Å²) in [5.74, 6) is -0.207. The van der Waals surface area contributed by atoms with E-state index in [0.717, 1.165) is 4.90 Å². The zero-order valence-electron chi connectivity index (χ0n) is 12.0. The lowest BCUT2D eigenvalue weighted by Crippen LogP contribution is -2.33. The smallest absolute Gasteiger partial charge is 0.352 e. The predicted octanol–water partition coefficient (Wildman–Crippen LogP) is 3.02. The van der Waals surface area contributed by atoms with Gasteiger partial charge in [-0.15, -0.1) is 11.8 Å². The summed E-state index contributed by atoms with van der Waals surface area (Å²) >= 11 is 1.59. The molecule has 1 amide bonds. The minimum atomic E-state index is -4.18. The van der Waals surface area contributed by atoms with Gasteiger partial charge in [-0.05, 0) is 50.5 Å². The highest BCUT2D eigenvalue weighted by atomic mass is 32.2. The number of amides is 1. The normalized spacial score (nSPS) is 11.7. The van der Waals surface area contributed by atoms with E-state index in [1.165, 1.54) is 11.9 Å². The molecule has 0 radical (unpaired) electrons. The summed E-state index contributed by atoms with van der Waals surface area (Å²) in [4.78, 5) is 14.1. The average Bonchev–Trinajstić information content (AvgIpc) is 2.41. The molecule has 0 aliphatic carbocycles. The lowest BCUT2D eigenvalue weighted by Gasteiger charge is -2.18. The molecule has 0 saturated heterocycles. The minimum Gasteiger partial charge on any atom is -0.352 e. The van der Waals surface area contributed by atoms with Crippen molar-refractivity contribution in [2.75, 3.05) is 32.9 Å². The van der Waals surface area contributed by atoms with Crippen molar-refractivity contribution in [2.45, 2.75) is 17.5 Å². The monoisotopic (exact) mass is 320 g/mol. The first-order valence-electron chi connectivity index (χ1n) is 6.49. The van der Waals surface area contributed by atoms with Crippen LogP contribution in [0.2, 0.25) is 0 Å². The Morgan fingerprint density at radius 2 is 1.90 bits per heavy atom. The Morgan fingerprint density at radius 3 is 2.43 bits per heavy atom. The molecule has 3 nitrogen and oxygen atoms in total. The molecule has 0 heterocycles. The average molecular weight is 320 g/mol. The van der Waals surface area contributed by atoms with E-state index >= 15 is 0 Å². The molecule has 0 saturated carbocycles. The number of hydrogen-bond acceptors (Lipinski definition) is 3. The molecule has 21 heavy (non-hydrogen) atoms. The molecule has 1 N–H and O–H groups in total. The van der Waals surface area contributed by atoms with Crippen LogP contribution >= 0.6 is 11.8 Å². The van der Waals surface area contributed by atoms with Gasteiger partial charge in [-0.3, -0.25) is 9.69 Å². The Balaban J connectivity index is 2.27. The summed E-state index contributed by atoms with van der Waals surface area (Å²) in [7, 11) is 1.41. The van der Waals surface area contributed by atoms with E-state index in [1.807, 2.05) is 18.4 Å². The van der Waals surface area contributed by atoms with Crippen LogP contribution in [0, 0.1) is 0 Å². The number of halogens is 3. The molecule has 1 aromatic carbocycles. The second-order valence-corrected chi connectivity index (χ2v) is 5.57. The highest BCUT2D eigenvalue weighted by Gasteiger charge is 2.28. The van der Waals surface area contributed by atoms with Crippen molar-refractivity contribution in [1.82, 2.24) is 10.2 Å². The van der Waals surface area contributed by atoms with E-state index in [2.05, 4.69) is 5.32 Å². The summed E-state index contributed by atoms with van der Waals surface area (Å²) in [6, 6.07) is 7.18. The molecule has 0 unspecified atom stereocenters. The highest BCUT2D eigenvalue weighted by molar-refractivity contribution is 7.98. The fraction of sp³-hybridized carbons (Fsp3) is 0.500. The molecule has 0 aliphatic heterocycles. The van der Waals surface area contributed by atoms with Crippen LogP contribution in [-0.4, -0.2) is 49.9 Å². The Hall–Kier alpha value is -1.21. The first-order valence-corrected chi connectivity index (χ1v) is 7.72. The topological polar surface area (TPSA) is 32.3 Å². The Labute approximate surface area is 126 Å². The second-order valence-electron chi connectivity index (χ2n) is 4.69. The Kier molecular flexibility index (Phi) is 7.04. The predicted molar refractivity (Wildman–Crippen MR) is 78.7 cm³/mol. The summed E-state index contributed by atoms with van der Waals surface area (Å²) in [5, 5.41) is 2.70. The van der Waals surface area contributed by atoms with Crippen molar-refractivity contribution in [3.63, 3.8) is 0 Å². The number of nitrogens with one attached hydrogen (secondary N) is 1. The van der Waals surface area contributed by atoms with Gasteiger partial charge in [0, 0.05) is 17.0 Å². The van der Waals surface area contributed by atoms with Crippen LogP contribution in [-0.2, 0) is 0 Å². The number of benzene rings is 1. The van der Waals surface area contributed by atoms with Crippen LogP contribution < -0.4 is 5.32 Å². The van der Waals surface area contributed by atoms with Gasteiger partial charge in [0.1, 0.15) is 0 Å². The number of carbonyl (C=O) groups is 1. The van der Waals surface area contributed by atoms with Gasteiger partial charge in [0.05, 0.1) is 6.54 Å². The standard InChI is InChI=1S/C14H19F3N2OS/c1-19(10-14(15,16)17)9-3-8-18-13(20)11-4-6-12(21-2)7-5-11/h4-7H,3,8-10H2,1-2H3,(H,18,20). The lowest BCUT2D eigenvalue weighted by atomic mass is 10.2. The van der Waals surface area contributed by atoms with Crippen molar-refractivity contribution < 1.29 is 18.0 Å². The van der Waals surface area contributed by atoms with Crippen LogP contribution in [0.25, 0.3) is 0 Å². The Morgan fingerprint density at radius 1 is 1.29 bits per heavy atom. The molecule has 1 aromatic rings. The van der Waals surface area contributed by atoms with Crippen LogP contribution in [0.4, 0.5) is 13.2 Å². The van der Waals surface area contributed by atoms with E-state index in [4.69, 9.17) is 0 Å². The maximum absolute atomic E-state index is 12.1.